The number of benzene rings is 3. The summed E-state index contributed by atoms with van der Waals surface area (Å²) >= 11 is 0. The van der Waals surface area contributed by atoms with Gasteiger partial charge in [-0.2, -0.15) is 0 Å². The maximum Gasteiger partial charge on any atom is 0.239 e. The number of hydrogen-bond acceptors (Lipinski definition) is 5. The summed E-state index contributed by atoms with van der Waals surface area (Å²) in [5, 5.41) is 5.73. The lowest BCUT2D eigenvalue weighted by atomic mass is 10.2. The SMILES string of the molecule is COc1cccc(NCC(=O)NCc2ccccc2)c1S(=O)(=O)c1ccccc1. The molecule has 1 amide bonds. The molecule has 0 unspecified atom stereocenters. The zero-order valence-electron chi connectivity index (χ0n) is 16.0. The van der Waals surface area contributed by atoms with Crippen LogP contribution in [0.4, 0.5) is 5.69 Å². The van der Waals surface area contributed by atoms with Crippen molar-refractivity contribution in [3.63, 3.8) is 0 Å². The molecule has 3 aromatic carbocycles. The molecule has 0 saturated heterocycles. The molecule has 0 aliphatic rings. The fourth-order valence-corrected chi connectivity index (χ4v) is 4.44. The molecule has 0 radical (unpaired) electrons. The average molecular weight is 410 g/mol. The van der Waals surface area contributed by atoms with E-state index in [2.05, 4.69) is 10.6 Å². The number of ether oxygens (including phenoxy) is 1. The summed E-state index contributed by atoms with van der Waals surface area (Å²) in [7, 11) is -2.42. The lowest BCUT2D eigenvalue weighted by molar-refractivity contribution is -0.119. The van der Waals surface area contributed by atoms with Crippen molar-refractivity contribution in [3.05, 3.63) is 84.4 Å². The Morgan fingerprint density at radius 2 is 1.55 bits per heavy atom. The molecule has 0 bridgehead atoms. The molecule has 0 spiro atoms. The minimum absolute atomic E-state index is 0.00422. The van der Waals surface area contributed by atoms with Crippen LogP contribution in [0.5, 0.6) is 5.75 Å². The van der Waals surface area contributed by atoms with Crippen LogP contribution in [0.25, 0.3) is 0 Å². The van der Waals surface area contributed by atoms with Gasteiger partial charge in [-0.05, 0) is 29.8 Å². The number of nitrogens with one attached hydrogen (secondary N) is 2. The summed E-state index contributed by atoms with van der Waals surface area (Å²) in [5.74, 6) is -0.0386. The summed E-state index contributed by atoms with van der Waals surface area (Å²) in [6.45, 7) is 0.325. The predicted octanol–water partition coefficient (Wildman–Crippen LogP) is 3.26. The fourth-order valence-electron chi connectivity index (χ4n) is 2.84. The Morgan fingerprint density at radius 3 is 2.21 bits per heavy atom. The third-order valence-electron chi connectivity index (χ3n) is 4.29. The maximum atomic E-state index is 13.2. The zero-order valence-corrected chi connectivity index (χ0v) is 16.8. The van der Waals surface area contributed by atoms with Crippen molar-refractivity contribution >= 4 is 21.4 Å². The Hall–Kier alpha value is -3.32. The van der Waals surface area contributed by atoms with Gasteiger partial charge in [-0.15, -0.1) is 0 Å². The number of sulfone groups is 1. The monoisotopic (exact) mass is 410 g/mol. The van der Waals surface area contributed by atoms with Gasteiger partial charge in [-0.3, -0.25) is 4.79 Å². The molecule has 3 rings (SSSR count). The van der Waals surface area contributed by atoms with Crippen LogP contribution in [0.3, 0.4) is 0 Å². The van der Waals surface area contributed by atoms with E-state index in [1.165, 1.54) is 19.2 Å². The van der Waals surface area contributed by atoms with E-state index in [4.69, 9.17) is 4.74 Å². The van der Waals surface area contributed by atoms with Gasteiger partial charge in [-0.25, -0.2) is 8.42 Å². The number of methoxy groups -OCH3 is 1. The summed E-state index contributed by atoms with van der Waals surface area (Å²) < 4.78 is 31.6. The van der Waals surface area contributed by atoms with Crippen molar-refractivity contribution in [2.24, 2.45) is 0 Å². The van der Waals surface area contributed by atoms with E-state index in [9.17, 15) is 13.2 Å². The summed E-state index contributed by atoms with van der Waals surface area (Å²) in [6, 6.07) is 22.5. The van der Waals surface area contributed by atoms with Crippen LogP contribution in [-0.2, 0) is 21.2 Å². The van der Waals surface area contributed by atoms with Gasteiger partial charge in [0.2, 0.25) is 15.7 Å². The standard InChI is InChI=1S/C22H22N2O4S/c1-28-20-14-8-13-19(22(20)29(26,27)18-11-6-3-7-12-18)23-16-21(25)24-15-17-9-4-2-5-10-17/h2-14,23H,15-16H2,1H3,(H,24,25). The second-order valence-electron chi connectivity index (χ2n) is 6.27. The molecule has 0 fully saturated rings. The van der Waals surface area contributed by atoms with Gasteiger partial charge in [0.05, 0.1) is 24.2 Å². The third kappa shape index (κ3) is 4.94. The molecule has 0 aliphatic carbocycles. The molecule has 0 heterocycles. The first-order valence-electron chi connectivity index (χ1n) is 9.04. The molecule has 0 aromatic heterocycles. The molecule has 0 atom stereocenters. The highest BCUT2D eigenvalue weighted by Crippen LogP contribution is 2.35. The number of hydrogen-bond donors (Lipinski definition) is 2. The normalized spacial score (nSPS) is 10.9. The van der Waals surface area contributed by atoms with E-state index in [0.717, 1.165) is 5.56 Å². The van der Waals surface area contributed by atoms with Gasteiger partial charge in [0.25, 0.3) is 0 Å². The first-order chi connectivity index (χ1) is 14.0. The largest absolute Gasteiger partial charge is 0.495 e. The lowest BCUT2D eigenvalue weighted by Gasteiger charge is -2.16. The Bertz CT molecular complexity index is 1070. The van der Waals surface area contributed by atoms with E-state index < -0.39 is 9.84 Å². The van der Waals surface area contributed by atoms with Crippen molar-refractivity contribution in [2.45, 2.75) is 16.3 Å². The van der Waals surface area contributed by atoms with Crippen LogP contribution in [0, 0.1) is 0 Å². The van der Waals surface area contributed by atoms with Crippen LogP contribution in [0.15, 0.2) is 88.7 Å². The van der Waals surface area contributed by atoms with E-state index >= 15 is 0 Å². The Balaban J connectivity index is 1.79. The molecule has 2 N–H and O–H groups in total. The summed E-state index contributed by atoms with van der Waals surface area (Å²) in [4.78, 5) is 12.4. The highest BCUT2D eigenvalue weighted by Gasteiger charge is 2.26. The number of anilines is 1. The molecule has 0 saturated carbocycles. The molecular formula is C22H22N2O4S. The van der Waals surface area contributed by atoms with E-state index in [1.54, 1.807) is 36.4 Å². The number of rotatable bonds is 8. The van der Waals surface area contributed by atoms with E-state index in [0.29, 0.717) is 12.2 Å². The van der Waals surface area contributed by atoms with Crippen molar-refractivity contribution < 1.29 is 17.9 Å². The molecule has 150 valence electrons. The van der Waals surface area contributed by atoms with Crippen molar-refractivity contribution in [2.75, 3.05) is 19.0 Å². The number of carbonyl (C=O) groups excluding carboxylic acids is 1. The molecule has 6 nitrogen and oxygen atoms in total. The van der Waals surface area contributed by atoms with Gasteiger partial charge in [0.15, 0.2) is 0 Å². The number of carbonyl (C=O) groups is 1. The summed E-state index contributed by atoms with van der Waals surface area (Å²) in [6.07, 6.45) is 0. The molecular weight excluding hydrogens is 388 g/mol. The smallest absolute Gasteiger partial charge is 0.239 e. The molecule has 0 aliphatic heterocycles. The van der Waals surface area contributed by atoms with Gasteiger partial charge >= 0.3 is 0 Å². The van der Waals surface area contributed by atoms with Crippen molar-refractivity contribution in [1.82, 2.24) is 5.32 Å². The minimum Gasteiger partial charge on any atom is -0.495 e. The lowest BCUT2D eigenvalue weighted by Crippen LogP contribution is -2.29. The van der Waals surface area contributed by atoms with Crippen LogP contribution in [0.2, 0.25) is 0 Å². The quantitative estimate of drug-likeness (QED) is 0.596. The minimum atomic E-state index is -3.83. The molecule has 7 heteroatoms. The Morgan fingerprint density at radius 1 is 0.897 bits per heavy atom. The van der Waals surface area contributed by atoms with Gasteiger partial charge < -0.3 is 15.4 Å². The highest BCUT2D eigenvalue weighted by molar-refractivity contribution is 7.91. The molecule has 3 aromatic rings. The first kappa shape index (κ1) is 20.4. The summed E-state index contributed by atoms with van der Waals surface area (Å²) in [5.41, 5.74) is 1.29. The predicted molar refractivity (Wildman–Crippen MR) is 112 cm³/mol. The maximum absolute atomic E-state index is 13.2. The van der Waals surface area contributed by atoms with Gasteiger partial charge in [-0.1, -0.05) is 54.6 Å². The van der Waals surface area contributed by atoms with Crippen molar-refractivity contribution in [3.8, 4) is 5.75 Å². The Labute approximate surface area is 170 Å². The van der Waals surface area contributed by atoms with Crippen LogP contribution < -0.4 is 15.4 Å². The van der Waals surface area contributed by atoms with Crippen LogP contribution in [-0.4, -0.2) is 28.0 Å². The van der Waals surface area contributed by atoms with Gasteiger partial charge in [0, 0.05) is 6.54 Å². The van der Waals surface area contributed by atoms with E-state index in [-0.39, 0.29) is 28.0 Å². The third-order valence-corrected chi connectivity index (χ3v) is 6.14. The Kier molecular flexibility index (Phi) is 6.51. The van der Waals surface area contributed by atoms with E-state index in [1.807, 2.05) is 30.3 Å². The molecule has 29 heavy (non-hydrogen) atoms. The second kappa shape index (κ2) is 9.25. The topological polar surface area (TPSA) is 84.5 Å². The zero-order chi connectivity index (χ0) is 20.7. The van der Waals surface area contributed by atoms with Crippen molar-refractivity contribution in [1.29, 1.82) is 0 Å². The highest BCUT2D eigenvalue weighted by atomic mass is 32.2. The average Bonchev–Trinajstić information content (AvgIpc) is 2.77. The first-order valence-corrected chi connectivity index (χ1v) is 10.5. The van der Waals surface area contributed by atoms with Crippen LogP contribution in [0.1, 0.15) is 5.56 Å². The second-order valence-corrected chi connectivity index (χ2v) is 8.16. The number of amides is 1. The fraction of sp³-hybridized carbons (Fsp3) is 0.136. The van der Waals surface area contributed by atoms with Crippen LogP contribution >= 0.6 is 0 Å². The van der Waals surface area contributed by atoms with Gasteiger partial charge in [0.1, 0.15) is 10.6 Å².